The van der Waals surface area contributed by atoms with Crippen molar-refractivity contribution in [1.82, 2.24) is 19.7 Å². The lowest BCUT2D eigenvalue weighted by Crippen LogP contribution is -2.39. The van der Waals surface area contributed by atoms with Crippen LogP contribution in [0.1, 0.15) is 26.1 Å². The van der Waals surface area contributed by atoms with Crippen molar-refractivity contribution in [2.75, 3.05) is 19.6 Å². The Morgan fingerprint density at radius 2 is 2.11 bits per heavy atom. The number of rotatable bonds is 5. The molecule has 0 bridgehead atoms. The Labute approximate surface area is 120 Å². The van der Waals surface area contributed by atoms with Crippen LogP contribution in [0.3, 0.4) is 0 Å². The number of nitrogens with one attached hydrogen (secondary N) is 1. The normalized spacial score (nSPS) is 24.5. The zero-order valence-corrected chi connectivity index (χ0v) is 12.7. The summed E-state index contributed by atoms with van der Waals surface area (Å²) in [6.45, 7) is 12.7. The molecule has 2 heterocycles. The van der Waals surface area contributed by atoms with Crippen molar-refractivity contribution in [3.05, 3.63) is 23.3 Å². The first-order valence-electron chi connectivity index (χ1n) is 7.07. The molecule has 19 heavy (non-hydrogen) atoms. The molecule has 2 atom stereocenters. The molecule has 1 fully saturated rings. The second kappa shape index (κ2) is 6.48. The maximum atomic E-state index is 5.23. The third-order valence-corrected chi connectivity index (χ3v) is 4.06. The summed E-state index contributed by atoms with van der Waals surface area (Å²) in [5.74, 6) is 2.64. The second-order valence-corrected chi connectivity index (χ2v) is 6.19. The molecule has 0 aromatic carbocycles. The number of aromatic amines is 1. The van der Waals surface area contributed by atoms with Crippen LogP contribution in [0, 0.1) is 16.6 Å². The van der Waals surface area contributed by atoms with Crippen LogP contribution in [0.25, 0.3) is 0 Å². The van der Waals surface area contributed by atoms with Crippen molar-refractivity contribution in [3.8, 4) is 0 Å². The average molecular weight is 280 g/mol. The summed E-state index contributed by atoms with van der Waals surface area (Å²) in [6.07, 6.45) is 4.16. The van der Waals surface area contributed by atoms with Crippen LogP contribution >= 0.6 is 12.2 Å². The molecule has 4 nitrogen and oxygen atoms in total. The SMILES string of the molecule is C=CCn1c(CCN2C[C@@H](C)C[C@H](C)C2)n[nH]c1=S. The minimum Gasteiger partial charge on any atom is -0.302 e. The van der Waals surface area contributed by atoms with Gasteiger partial charge in [-0.2, -0.15) is 5.10 Å². The van der Waals surface area contributed by atoms with Crippen LogP contribution < -0.4 is 0 Å². The predicted octanol–water partition coefficient (Wildman–Crippen LogP) is 2.65. The average Bonchev–Trinajstić information content (AvgIpc) is 2.68. The van der Waals surface area contributed by atoms with E-state index in [4.69, 9.17) is 12.2 Å². The summed E-state index contributed by atoms with van der Waals surface area (Å²) in [5, 5.41) is 7.20. The minimum absolute atomic E-state index is 0.690. The molecule has 0 aliphatic carbocycles. The van der Waals surface area contributed by atoms with Crippen LogP contribution in [0.2, 0.25) is 0 Å². The summed E-state index contributed by atoms with van der Waals surface area (Å²) in [6, 6.07) is 0. The van der Waals surface area contributed by atoms with Crippen molar-refractivity contribution in [2.45, 2.75) is 33.2 Å². The Morgan fingerprint density at radius 3 is 2.74 bits per heavy atom. The topological polar surface area (TPSA) is 36.9 Å². The lowest BCUT2D eigenvalue weighted by Gasteiger charge is -2.34. The van der Waals surface area contributed by atoms with Gasteiger partial charge in [0.1, 0.15) is 5.82 Å². The van der Waals surface area contributed by atoms with Gasteiger partial charge in [0.2, 0.25) is 0 Å². The smallest absolute Gasteiger partial charge is 0.195 e. The van der Waals surface area contributed by atoms with Gasteiger partial charge in [-0.05, 0) is 30.5 Å². The van der Waals surface area contributed by atoms with Gasteiger partial charge < -0.3 is 9.47 Å². The van der Waals surface area contributed by atoms with E-state index in [2.05, 4.69) is 35.5 Å². The minimum atomic E-state index is 0.690. The zero-order valence-electron chi connectivity index (χ0n) is 11.9. The van der Waals surface area contributed by atoms with E-state index in [0.29, 0.717) is 4.77 Å². The number of piperidine rings is 1. The van der Waals surface area contributed by atoms with Gasteiger partial charge in [0.15, 0.2) is 4.77 Å². The first kappa shape index (κ1) is 14.5. The van der Waals surface area contributed by atoms with E-state index in [1.165, 1.54) is 19.5 Å². The van der Waals surface area contributed by atoms with Gasteiger partial charge in [-0.25, -0.2) is 0 Å². The fourth-order valence-electron chi connectivity index (χ4n) is 3.09. The number of H-pyrrole nitrogens is 1. The maximum Gasteiger partial charge on any atom is 0.195 e. The highest BCUT2D eigenvalue weighted by atomic mass is 32.1. The van der Waals surface area contributed by atoms with Gasteiger partial charge in [-0.3, -0.25) is 5.10 Å². The molecule has 2 rings (SSSR count). The molecular weight excluding hydrogens is 256 g/mol. The molecule has 1 saturated heterocycles. The second-order valence-electron chi connectivity index (χ2n) is 5.80. The van der Waals surface area contributed by atoms with E-state index in [1.54, 1.807) is 0 Å². The summed E-state index contributed by atoms with van der Waals surface area (Å²) >= 11 is 5.23. The third kappa shape index (κ3) is 3.76. The first-order chi connectivity index (χ1) is 9.10. The highest BCUT2D eigenvalue weighted by Gasteiger charge is 2.21. The molecule has 0 radical (unpaired) electrons. The van der Waals surface area contributed by atoms with Gasteiger partial charge in [-0.15, -0.1) is 6.58 Å². The molecule has 1 N–H and O–H groups in total. The molecule has 0 amide bonds. The summed E-state index contributed by atoms with van der Waals surface area (Å²) in [4.78, 5) is 2.55. The molecule has 1 aliphatic rings. The Hall–Kier alpha value is -0.940. The molecule has 106 valence electrons. The standard InChI is InChI=1S/C14H24N4S/c1-4-6-18-13(15-16-14(18)19)5-7-17-9-11(2)8-12(3)10-17/h4,11-12H,1,5-10H2,2-3H3,(H,16,19)/t11-,12-/m0/s1. The summed E-state index contributed by atoms with van der Waals surface area (Å²) in [5.41, 5.74) is 0. The number of hydrogen-bond acceptors (Lipinski definition) is 3. The fraction of sp³-hybridized carbons (Fsp3) is 0.714. The quantitative estimate of drug-likeness (QED) is 0.665. The molecule has 1 aromatic rings. The van der Waals surface area contributed by atoms with Gasteiger partial charge in [0, 0.05) is 32.6 Å². The Morgan fingerprint density at radius 1 is 1.42 bits per heavy atom. The van der Waals surface area contributed by atoms with Crippen LogP contribution in [0.15, 0.2) is 12.7 Å². The van der Waals surface area contributed by atoms with E-state index in [1.807, 2.05) is 10.6 Å². The van der Waals surface area contributed by atoms with Crippen LogP contribution in [-0.4, -0.2) is 39.3 Å². The molecule has 0 saturated carbocycles. The Kier molecular flexibility index (Phi) is 4.93. The highest BCUT2D eigenvalue weighted by molar-refractivity contribution is 7.71. The van der Waals surface area contributed by atoms with Crippen molar-refractivity contribution >= 4 is 12.2 Å². The largest absolute Gasteiger partial charge is 0.302 e. The molecule has 1 aliphatic heterocycles. The molecule has 0 spiro atoms. The molecule has 0 unspecified atom stereocenters. The monoisotopic (exact) mass is 280 g/mol. The van der Waals surface area contributed by atoms with Crippen molar-refractivity contribution in [1.29, 1.82) is 0 Å². The van der Waals surface area contributed by atoms with Crippen molar-refractivity contribution in [3.63, 3.8) is 0 Å². The van der Waals surface area contributed by atoms with Crippen molar-refractivity contribution in [2.24, 2.45) is 11.8 Å². The molecule has 1 aromatic heterocycles. The summed E-state index contributed by atoms with van der Waals surface area (Å²) < 4.78 is 2.72. The number of allylic oxidation sites excluding steroid dienone is 1. The van der Waals surface area contributed by atoms with E-state index in [-0.39, 0.29) is 0 Å². The van der Waals surface area contributed by atoms with Gasteiger partial charge in [0.05, 0.1) is 0 Å². The number of likely N-dealkylation sites (tertiary alicyclic amines) is 1. The van der Waals surface area contributed by atoms with Crippen LogP contribution in [0.5, 0.6) is 0 Å². The molecule has 5 heteroatoms. The van der Waals surface area contributed by atoms with Crippen LogP contribution in [-0.2, 0) is 13.0 Å². The number of nitrogens with zero attached hydrogens (tertiary/aromatic N) is 3. The zero-order chi connectivity index (χ0) is 13.8. The number of aromatic nitrogens is 3. The predicted molar refractivity (Wildman–Crippen MR) is 80.7 cm³/mol. The van der Waals surface area contributed by atoms with E-state index >= 15 is 0 Å². The maximum absolute atomic E-state index is 5.23. The summed E-state index contributed by atoms with van der Waals surface area (Å²) in [7, 11) is 0. The van der Waals surface area contributed by atoms with Gasteiger partial charge in [0.25, 0.3) is 0 Å². The highest BCUT2D eigenvalue weighted by Crippen LogP contribution is 2.20. The Balaban J connectivity index is 1.95. The van der Waals surface area contributed by atoms with Crippen molar-refractivity contribution < 1.29 is 0 Å². The van der Waals surface area contributed by atoms with Crippen LogP contribution in [0.4, 0.5) is 0 Å². The first-order valence-corrected chi connectivity index (χ1v) is 7.48. The molecular formula is C14H24N4S. The van der Waals surface area contributed by atoms with E-state index < -0.39 is 0 Å². The third-order valence-electron chi connectivity index (χ3n) is 3.75. The lowest BCUT2D eigenvalue weighted by atomic mass is 9.92. The van der Waals surface area contributed by atoms with Gasteiger partial charge >= 0.3 is 0 Å². The fourth-order valence-corrected chi connectivity index (χ4v) is 3.32. The Bertz CT molecular complexity index is 466. The number of hydrogen-bond donors (Lipinski definition) is 1. The van der Waals surface area contributed by atoms with E-state index in [0.717, 1.165) is 37.2 Å². The van der Waals surface area contributed by atoms with Gasteiger partial charge in [-0.1, -0.05) is 19.9 Å². The van der Waals surface area contributed by atoms with E-state index in [9.17, 15) is 0 Å². The lowest BCUT2D eigenvalue weighted by molar-refractivity contribution is 0.141.